The maximum atomic E-state index is 5.37. The van der Waals surface area contributed by atoms with Crippen LogP contribution < -0.4 is 9.64 Å². The quantitative estimate of drug-likeness (QED) is 0.359. The Morgan fingerprint density at radius 3 is 1.79 bits per heavy atom. The number of hydrogen-bond acceptors (Lipinski definition) is 2. The Kier molecular flexibility index (Phi) is 7.54. The number of ether oxygens (including phenoxy) is 1. The molecule has 2 heteroatoms. The molecule has 3 aromatic carbocycles. The summed E-state index contributed by atoms with van der Waals surface area (Å²) in [5.74, 6) is 0.894. The van der Waals surface area contributed by atoms with Crippen LogP contribution in [0.1, 0.15) is 49.8 Å². The first-order chi connectivity index (χ1) is 13.8. The number of methoxy groups -OCH3 is 1. The number of rotatable bonds is 10. The third kappa shape index (κ3) is 5.16. The lowest BCUT2D eigenvalue weighted by molar-refractivity contribution is 0.415. The van der Waals surface area contributed by atoms with Crippen LogP contribution in [0.4, 0.5) is 5.69 Å². The summed E-state index contributed by atoms with van der Waals surface area (Å²) in [6.45, 7) is 3.29. The van der Waals surface area contributed by atoms with E-state index in [4.69, 9.17) is 4.74 Å². The molecule has 3 rings (SSSR count). The smallest absolute Gasteiger partial charge is 0.119 e. The van der Waals surface area contributed by atoms with Crippen LogP contribution in [0.5, 0.6) is 5.75 Å². The second-order valence-electron chi connectivity index (χ2n) is 7.18. The van der Waals surface area contributed by atoms with Gasteiger partial charge in [-0.15, -0.1) is 0 Å². The van der Waals surface area contributed by atoms with E-state index in [0.29, 0.717) is 0 Å². The van der Waals surface area contributed by atoms with Gasteiger partial charge in [-0.3, -0.25) is 0 Å². The summed E-state index contributed by atoms with van der Waals surface area (Å²) >= 11 is 0. The van der Waals surface area contributed by atoms with Crippen molar-refractivity contribution in [3.8, 4) is 5.75 Å². The van der Waals surface area contributed by atoms with E-state index < -0.39 is 0 Å². The van der Waals surface area contributed by atoms with Crippen LogP contribution in [-0.2, 0) is 0 Å². The van der Waals surface area contributed by atoms with E-state index in [2.05, 4.69) is 96.8 Å². The average Bonchev–Trinajstić information content (AvgIpc) is 2.77. The van der Waals surface area contributed by atoms with E-state index in [-0.39, 0.29) is 6.04 Å². The highest BCUT2D eigenvalue weighted by molar-refractivity contribution is 5.54. The Balaban J connectivity index is 1.99. The number of anilines is 1. The molecule has 146 valence electrons. The van der Waals surface area contributed by atoms with Gasteiger partial charge in [-0.2, -0.15) is 0 Å². The monoisotopic (exact) mass is 373 g/mol. The summed E-state index contributed by atoms with van der Waals surface area (Å²) in [6, 6.07) is 30.3. The Bertz CT molecular complexity index is 759. The maximum Gasteiger partial charge on any atom is 0.119 e. The van der Waals surface area contributed by atoms with Gasteiger partial charge in [0.15, 0.2) is 0 Å². The molecule has 0 bridgehead atoms. The molecule has 0 unspecified atom stereocenters. The molecule has 0 saturated carbocycles. The Morgan fingerprint density at radius 1 is 0.714 bits per heavy atom. The van der Waals surface area contributed by atoms with Crippen molar-refractivity contribution < 1.29 is 4.74 Å². The van der Waals surface area contributed by atoms with Gasteiger partial charge >= 0.3 is 0 Å². The van der Waals surface area contributed by atoms with Gasteiger partial charge < -0.3 is 9.64 Å². The largest absolute Gasteiger partial charge is 0.497 e. The van der Waals surface area contributed by atoms with Gasteiger partial charge in [0.2, 0.25) is 0 Å². The number of nitrogens with zero attached hydrogens (tertiary/aromatic N) is 1. The second kappa shape index (κ2) is 10.6. The summed E-state index contributed by atoms with van der Waals surface area (Å²) in [7, 11) is 1.72. The fourth-order valence-electron chi connectivity index (χ4n) is 3.71. The zero-order valence-corrected chi connectivity index (χ0v) is 17.1. The van der Waals surface area contributed by atoms with Gasteiger partial charge in [0.1, 0.15) is 5.75 Å². The SMILES string of the molecule is CCCCCCN(c1ccc(OC)cc1)C(c1ccccc1)c1ccccc1. The van der Waals surface area contributed by atoms with Gasteiger partial charge in [0, 0.05) is 12.2 Å². The standard InChI is InChI=1S/C26H31NO/c1-3-4-5-12-21-27(24-17-19-25(28-2)20-18-24)26(22-13-8-6-9-14-22)23-15-10-7-11-16-23/h6-11,13-20,26H,3-5,12,21H2,1-2H3. The van der Waals surface area contributed by atoms with Crippen molar-refractivity contribution in [2.75, 3.05) is 18.6 Å². The van der Waals surface area contributed by atoms with Crippen LogP contribution >= 0.6 is 0 Å². The van der Waals surface area contributed by atoms with E-state index in [1.807, 2.05) is 0 Å². The van der Waals surface area contributed by atoms with E-state index in [9.17, 15) is 0 Å². The highest BCUT2D eigenvalue weighted by atomic mass is 16.5. The molecular weight excluding hydrogens is 342 g/mol. The Morgan fingerprint density at radius 2 is 1.29 bits per heavy atom. The molecule has 0 N–H and O–H groups in total. The fourth-order valence-corrected chi connectivity index (χ4v) is 3.71. The molecule has 3 aromatic rings. The van der Waals surface area contributed by atoms with E-state index in [1.54, 1.807) is 7.11 Å². The molecule has 0 heterocycles. The zero-order valence-electron chi connectivity index (χ0n) is 17.1. The molecule has 0 aliphatic rings. The van der Waals surface area contributed by atoms with E-state index in [1.165, 1.54) is 42.5 Å². The van der Waals surface area contributed by atoms with Crippen LogP contribution in [0, 0.1) is 0 Å². The molecule has 0 aliphatic heterocycles. The number of benzene rings is 3. The predicted octanol–water partition coefficient (Wildman–Crippen LogP) is 6.87. The topological polar surface area (TPSA) is 12.5 Å². The van der Waals surface area contributed by atoms with Gasteiger partial charge in [-0.25, -0.2) is 0 Å². The average molecular weight is 374 g/mol. The Labute approximate surface area is 169 Å². The lowest BCUT2D eigenvalue weighted by Gasteiger charge is -2.35. The van der Waals surface area contributed by atoms with Crippen LogP contribution in [0.15, 0.2) is 84.9 Å². The summed E-state index contributed by atoms with van der Waals surface area (Å²) in [4.78, 5) is 2.54. The molecule has 0 saturated heterocycles. The number of unbranched alkanes of at least 4 members (excludes halogenated alkanes) is 3. The third-order valence-corrected chi connectivity index (χ3v) is 5.20. The van der Waals surface area contributed by atoms with Crippen molar-refractivity contribution in [3.63, 3.8) is 0 Å². The molecule has 0 aliphatic carbocycles. The van der Waals surface area contributed by atoms with Crippen molar-refractivity contribution in [1.29, 1.82) is 0 Å². The molecule has 0 amide bonds. The van der Waals surface area contributed by atoms with Gasteiger partial charge in [0.25, 0.3) is 0 Å². The van der Waals surface area contributed by atoms with Crippen LogP contribution in [0.3, 0.4) is 0 Å². The normalized spacial score (nSPS) is 10.8. The third-order valence-electron chi connectivity index (χ3n) is 5.20. The first-order valence-electron chi connectivity index (χ1n) is 10.3. The fraction of sp³-hybridized carbons (Fsp3) is 0.308. The summed E-state index contributed by atoms with van der Waals surface area (Å²) < 4.78 is 5.37. The van der Waals surface area contributed by atoms with Crippen LogP contribution in [-0.4, -0.2) is 13.7 Å². The first-order valence-corrected chi connectivity index (χ1v) is 10.3. The summed E-state index contributed by atoms with van der Waals surface area (Å²) in [5, 5.41) is 0. The minimum atomic E-state index is 0.192. The van der Waals surface area contributed by atoms with Crippen molar-refractivity contribution >= 4 is 5.69 Å². The zero-order chi connectivity index (χ0) is 19.6. The predicted molar refractivity (Wildman–Crippen MR) is 119 cm³/mol. The minimum Gasteiger partial charge on any atom is -0.497 e. The lowest BCUT2D eigenvalue weighted by atomic mass is 9.96. The summed E-state index contributed by atoms with van der Waals surface area (Å²) in [6.07, 6.45) is 5.00. The lowest BCUT2D eigenvalue weighted by Crippen LogP contribution is -2.30. The summed E-state index contributed by atoms with van der Waals surface area (Å²) in [5.41, 5.74) is 3.87. The molecule has 0 spiro atoms. The number of hydrogen-bond donors (Lipinski definition) is 0. The second-order valence-corrected chi connectivity index (χ2v) is 7.18. The van der Waals surface area contributed by atoms with E-state index in [0.717, 1.165) is 12.3 Å². The highest BCUT2D eigenvalue weighted by Crippen LogP contribution is 2.34. The molecular formula is C26H31NO. The minimum absolute atomic E-state index is 0.192. The molecule has 0 radical (unpaired) electrons. The van der Waals surface area contributed by atoms with Gasteiger partial charge in [0.05, 0.1) is 13.2 Å². The maximum absolute atomic E-state index is 5.37. The molecule has 0 atom stereocenters. The highest BCUT2D eigenvalue weighted by Gasteiger charge is 2.22. The van der Waals surface area contributed by atoms with Crippen LogP contribution in [0.25, 0.3) is 0 Å². The van der Waals surface area contributed by atoms with Gasteiger partial charge in [-0.05, 0) is 41.8 Å². The van der Waals surface area contributed by atoms with Crippen molar-refractivity contribution in [2.45, 2.75) is 38.6 Å². The first kappa shape index (κ1) is 20.0. The van der Waals surface area contributed by atoms with E-state index >= 15 is 0 Å². The van der Waals surface area contributed by atoms with Crippen molar-refractivity contribution in [3.05, 3.63) is 96.1 Å². The van der Waals surface area contributed by atoms with Crippen LogP contribution in [0.2, 0.25) is 0 Å². The molecule has 2 nitrogen and oxygen atoms in total. The Hall–Kier alpha value is -2.74. The van der Waals surface area contributed by atoms with Crippen molar-refractivity contribution in [1.82, 2.24) is 0 Å². The van der Waals surface area contributed by atoms with Gasteiger partial charge in [-0.1, -0.05) is 86.8 Å². The molecule has 0 aromatic heterocycles. The molecule has 28 heavy (non-hydrogen) atoms. The van der Waals surface area contributed by atoms with Crippen molar-refractivity contribution in [2.24, 2.45) is 0 Å². The molecule has 0 fully saturated rings.